The lowest BCUT2D eigenvalue weighted by Crippen LogP contribution is -2.09. The molecule has 1 aromatic heterocycles. The Labute approximate surface area is 112 Å². The van der Waals surface area contributed by atoms with Gasteiger partial charge in [-0.1, -0.05) is 0 Å². The normalized spacial score (nSPS) is 17.7. The van der Waals surface area contributed by atoms with Crippen LogP contribution in [0.3, 0.4) is 0 Å². The van der Waals surface area contributed by atoms with Crippen LogP contribution in [-0.2, 0) is 9.53 Å². The number of phenols is 1. The van der Waals surface area contributed by atoms with Gasteiger partial charge in [-0.3, -0.25) is 4.79 Å². The second-order valence-corrected chi connectivity index (χ2v) is 4.82. The number of nitrogens with zero attached hydrogens (tertiary/aromatic N) is 2. The summed E-state index contributed by atoms with van der Waals surface area (Å²) < 4.78 is 10.1. The van der Waals surface area contributed by atoms with Gasteiger partial charge in [0.1, 0.15) is 11.0 Å². The first-order chi connectivity index (χ1) is 9.22. The predicted molar refractivity (Wildman–Crippen MR) is 66.3 cm³/mol. The van der Waals surface area contributed by atoms with Gasteiger partial charge in [0.2, 0.25) is 5.89 Å². The minimum atomic E-state index is -0.451. The topological polar surface area (TPSA) is 85.5 Å². The molecule has 1 atom stereocenters. The van der Waals surface area contributed by atoms with Gasteiger partial charge >= 0.3 is 5.97 Å². The third-order valence-electron chi connectivity index (χ3n) is 2.42. The molecule has 1 aromatic carbocycles. The molecule has 0 aliphatic carbocycles. The number of ether oxygens (including phenoxy) is 1. The van der Waals surface area contributed by atoms with E-state index in [1.807, 2.05) is 0 Å². The summed E-state index contributed by atoms with van der Waals surface area (Å²) in [7, 11) is 0. The van der Waals surface area contributed by atoms with Gasteiger partial charge < -0.3 is 14.3 Å². The number of aromatic nitrogens is 2. The quantitative estimate of drug-likeness (QED) is 0.858. The zero-order valence-corrected chi connectivity index (χ0v) is 10.3. The standard InChI is InChI=1S/C12H8N2O4S/c15-8-3-1-7(2-4-8)10-13-14-12(18-10)19-9-5-6-17-11(9)16/h1-6,9,15H. The molecular weight excluding hydrogens is 268 g/mol. The van der Waals surface area contributed by atoms with E-state index in [1.54, 1.807) is 18.2 Å². The van der Waals surface area contributed by atoms with E-state index < -0.39 is 5.25 Å². The van der Waals surface area contributed by atoms with Crippen molar-refractivity contribution in [3.63, 3.8) is 0 Å². The summed E-state index contributed by atoms with van der Waals surface area (Å²) in [5.41, 5.74) is 0.696. The summed E-state index contributed by atoms with van der Waals surface area (Å²) in [6.07, 6.45) is 2.97. The summed E-state index contributed by atoms with van der Waals surface area (Å²) >= 11 is 1.13. The largest absolute Gasteiger partial charge is 0.508 e. The molecule has 0 bridgehead atoms. The number of carbonyl (C=O) groups excluding carboxylic acids is 1. The van der Waals surface area contributed by atoms with E-state index >= 15 is 0 Å². The Balaban J connectivity index is 1.77. The predicted octanol–water partition coefficient (Wildman–Crippen LogP) is 1.97. The van der Waals surface area contributed by atoms with Crippen molar-refractivity contribution < 1.29 is 19.1 Å². The van der Waals surface area contributed by atoms with Gasteiger partial charge in [-0.25, -0.2) is 0 Å². The SMILES string of the molecule is O=C1OC=CC1Sc1nnc(-c2ccc(O)cc2)o1. The lowest BCUT2D eigenvalue weighted by atomic mass is 10.2. The molecule has 1 aliphatic rings. The number of hydrogen-bond acceptors (Lipinski definition) is 7. The van der Waals surface area contributed by atoms with Crippen LogP contribution in [-0.4, -0.2) is 26.5 Å². The van der Waals surface area contributed by atoms with Gasteiger partial charge in [0.15, 0.2) is 0 Å². The molecule has 19 heavy (non-hydrogen) atoms. The van der Waals surface area contributed by atoms with E-state index in [2.05, 4.69) is 14.9 Å². The van der Waals surface area contributed by atoms with Crippen LogP contribution >= 0.6 is 11.8 Å². The smallest absolute Gasteiger partial charge is 0.328 e. The van der Waals surface area contributed by atoms with Crippen molar-refractivity contribution in [1.82, 2.24) is 10.2 Å². The molecule has 0 saturated carbocycles. The Hall–Kier alpha value is -2.28. The summed E-state index contributed by atoms with van der Waals surface area (Å²) in [6, 6.07) is 6.40. The second-order valence-electron chi connectivity index (χ2n) is 3.72. The van der Waals surface area contributed by atoms with Gasteiger partial charge in [0.05, 0.1) is 6.26 Å². The van der Waals surface area contributed by atoms with Crippen LogP contribution in [0.5, 0.6) is 5.75 Å². The number of thioether (sulfide) groups is 1. The summed E-state index contributed by atoms with van der Waals surface area (Å²) in [4.78, 5) is 11.3. The third-order valence-corrected chi connectivity index (χ3v) is 3.39. The highest BCUT2D eigenvalue weighted by Gasteiger charge is 2.25. The van der Waals surface area contributed by atoms with E-state index in [4.69, 9.17) is 4.42 Å². The fourth-order valence-electron chi connectivity index (χ4n) is 1.50. The number of hydrogen-bond donors (Lipinski definition) is 1. The van der Waals surface area contributed by atoms with Crippen molar-refractivity contribution in [3.05, 3.63) is 36.6 Å². The molecular formula is C12H8N2O4S. The number of esters is 1. The molecule has 0 fully saturated rings. The third kappa shape index (κ3) is 2.45. The number of aromatic hydroxyl groups is 1. The Morgan fingerprint density at radius 1 is 1.21 bits per heavy atom. The molecule has 3 rings (SSSR count). The minimum absolute atomic E-state index is 0.164. The van der Waals surface area contributed by atoms with Crippen LogP contribution < -0.4 is 0 Å². The van der Waals surface area contributed by atoms with Crippen molar-refractivity contribution in [3.8, 4) is 17.2 Å². The summed E-state index contributed by atoms with van der Waals surface area (Å²) in [6.45, 7) is 0. The molecule has 6 nitrogen and oxygen atoms in total. The van der Waals surface area contributed by atoms with Crippen LogP contribution in [0.2, 0.25) is 0 Å². The zero-order valence-electron chi connectivity index (χ0n) is 9.52. The first-order valence-corrected chi connectivity index (χ1v) is 6.27. The van der Waals surface area contributed by atoms with Crippen molar-refractivity contribution in [2.24, 2.45) is 0 Å². The molecule has 0 radical (unpaired) electrons. The molecule has 1 N–H and O–H groups in total. The van der Waals surface area contributed by atoms with Crippen LogP contribution in [0.1, 0.15) is 0 Å². The fourth-order valence-corrected chi connectivity index (χ4v) is 2.22. The van der Waals surface area contributed by atoms with Gasteiger partial charge in [-0.05, 0) is 42.1 Å². The van der Waals surface area contributed by atoms with Crippen molar-refractivity contribution in [2.45, 2.75) is 10.5 Å². The first kappa shape index (κ1) is 11.8. The maximum atomic E-state index is 11.3. The highest BCUT2D eigenvalue weighted by atomic mass is 32.2. The highest BCUT2D eigenvalue weighted by Crippen LogP contribution is 2.29. The van der Waals surface area contributed by atoms with Crippen LogP contribution in [0, 0.1) is 0 Å². The van der Waals surface area contributed by atoms with E-state index in [1.165, 1.54) is 18.4 Å². The molecule has 1 unspecified atom stereocenters. The number of rotatable bonds is 3. The van der Waals surface area contributed by atoms with Gasteiger partial charge in [-0.2, -0.15) is 0 Å². The van der Waals surface area contributed by atoms with E-state index in [9.17, 15) is 9.90 Å². The average Bonchev–Trinajstić information content (AvgIpc) is 3.01. The van der Waals surface area contributed by atoms with Crippen LogP contribution in [0.4, 0.5) is 0 Å². The Morgan fingerprint density at radius 3 is 2.68 bits per heavy atom. The molecule has 0 saturated heterocycles. The van der Waals surface area contributed by atoms with Crippen molar-refractivity contribution in [1.29, 1.82) is 0 Å². The van der Waals surface area contributed by atoms with E-state index in [0.29, 0.717) is 11.5 Å². The van der Waals surface area contributed by atoms with Gasteiger partial charge in [0, 0.05) is 5.56 Å². The highest BCUT2D eigenvalue weighted by molar-refractivity contribution is 8.00. The summed E-state index contributed by atoms with van der Waals surface area (Å²) in [5, 5.41) is 16.8. The number of phenolic OH excluding ortho intramolecular Hbond substituents is 1. The molecule has 0 amide bonds. The summed E-state index contributed by atoms with van der Waals surface area (Å²) in [5.74, 6) is 0.143. The van der Waals surface area contributed by atoms with E-state index in [-0.39, 0.29) is 16.9 Å². The van der Waals surface area contributed by atoms with Crippen LogP contribution in [0.15, 0.2) is 46.2 Å². The van der Waals surface area contributed by atoms with Crippen LogP contribution in [0.25, 0.3) is 11.5 Å². The minimum Gasteiger partial charge on any atom is -0.508 e. The molecule has 2 heterocycles. The maximum absolute atomic E-state index is 11.3. The number of cyclic esters (lactones) is 1. The molecule has 1 aliphatic heterocycles. The molecule has 7 heteroatoms. The van der Waals surface area contributed by atoms with Gasteiger partial charge in [-0.15, -0.1) is 10.2 Å². The number of benzene rings is 1. The zero-order chi connectivity index (χ0) is 13.2. The molecule has 2 aromatic rings. The van der Waals surface area contributed by atoms with E-state index in [0.717, 1.165) is 11.8 Å². The molecule has 0 spiro atoms. The van der Waals surface area contributed by atoms with Gasteiger partial charge in [0.25, 0.3) is 5.22 Å². The Bertz CT molecular complexity index is 635. The second kappa shape index (κ2) is 4.77. The lowest BCUT2D eigenvalue weighted by Gasteiger charge is -1.99. The molecule has 96 valence electrons. The lowest BCUT2D eigenvalue weighted by molar-refractivity contribution is -0.134. The Morgan fingerprint density at radius 2 is 2.00 bits per heavy atom. The first-order valence-electron chi connectivity index (χ1n) is 5.39. The monoisotopic (exact) mass is 276 g/mol. The van der Waals surface area contributed by atoms with Crippen molar-refractivity contribution in [2.75, 3.05) is 0 Å². The number of carbonyl (C=O) groups is 1. The maximum Gasteiger partial charge on any atom is 0.328 e. The fraction of sp³-hybridized carbons (Fsp3) is 0.0833. The average molecular weight is 276 g/mol. The van der Waals surface area contributed by atoms with Crippen molar-refractivity contribution >= 4 is 17.7 Å². The Kier molecular flexibility index (Phi) is 2.96.